The quantitative estimate of drug-likeness (QED) is 0.101. The number of nitrogens with zero attached hydrogens (tertiary/aromatic N) is 4. The Balaban J connectivity index is 0.000000251. The molecule has 4 heterocycles. The van der Waals surface area contributed by atoms with Gasteiger partial charge in [0, 0.05) is 36.9 Å². The Morgan fingerprint density at radius 2 is 1.34 bits per heavy atom. The number of pyridine rings is 2. The molecule has 10 rings (SSSR count). The normalized spacial score (nSPS) is 11.9. The third-order valence-corrected chi connectivity index (χ3v) is 17.2. The number of aromatic nitrogens is 4. The fraction of sp³-hybridized carbons (Fsp3) is 0.262. The van der Waals surface area contributed by atoms with Crippen molar-refractivity contribution in [2.75, 3.05) is 0 Å². The van der Waals surface area contributed by atoms with Crippen LogP contribution in [0.15, 0.2) is 144 Å². The maximum Gasteiger partial charge on any atom is 0.216 e. The van der Waals surface area contributed by atoms with E-state index < -0.39 is 13.3 Å². The zero-order chi connectivity index (χ0) is 47.1. The van der Waals surface area contributed by atoms with Gasteiger partial charge >= 0.3 is 126 Å². The number of para-hydroxylation sites is 2. The Hall–Kier alpha value is -5.66. The van der Waals surface area contributed by atoms with Gasteiger partial charge in [-0.15, -0.1) is 18.2 Å². The SMILES string of the molecule is CC(C)Cc1cc(-c2[c-]cccc2)nc[c]1[Ge]([CH3])([CH3])[CH3].CC(C)c1ccc2c(n1)oc1c(-c3nc4ccccc4n3-c3c(C(C)C)cc(-c4ccc5ccccc5c4)cc3C(C)C)[c-]ccc12.[Ir]. The van der Waals surface area contributed by atoms with Crippen molar-refractivity contribution in [1.29, 1.82) is 0 Å². The Morgan fingerprint density at radius 3 is 2.01 bits per heavy atom. The van der Waals surface area contributed by atoms with Gasteiger partial charge < -0.3 is 8.98 Å². The Kier molecular flexibility index (Phi) is 14.4. The molecular weight excluding hydrogens is 1070 g/mol. The van der Waals surface area contributed by atoms with Gasteiger partial charge in [-0.1, -0.05) is 101 Å². The van der Waals surface area contributed by atoms with Gasteiger partial charge in [0.05, 0.1) is 22.4 Å². The summed E-state index contributed by atoms with van der Waals surface area (Å²) in [5.74, 6) is 9.66. The van der Waals surface area contributed by atoms with E-state index in [1.807, 2.05) is 24.3 Å². The molecule has 68 heavy (non-hydrogen) atoms. The van der Waals surface area contributed by atoms with Crippen molar-refractivity contribution in [2.45, 2.75) is 96.8 Å². The largest absolute Gasteiger partial charge is 0.486 e. The maximum absolute atomic E-state index is 6.59. The molecule has 0 spiro atoms. The van der Waals surface area contributed by atoms with E-state index in [1.54, 1.807) is 4.40 Å². The summed E-state index contributed by atoms with van der Waals surface area (Å²) in [7, 11) is 0. The van der Waals surface area contributed by atoms with Crippen LogP contribution in [0.3, 0.4) is 0 Å². The van der Waals surface area contributed by atoms with E-state index in [1.165, 1.54) is 44.3 Å². The van der Waals surface area contributed by atoms with Crippen molar-refractivity contribution in [3.05, 3.63) is 174 Å². The van der Waals surface area contributed by atoms with Gasteiger partial charge in [0.2, 0.25) is 5.71 Å². The van der Waals surface area contributed by atoms with Crippen LogP contribution >= 0.6 is 0 Å². The first kappa shape index (κ1) is 48.8. The second kappa shape index (κ2) is 20.1. The molecule has 1 radical (unpaired) electrons. The molecule has 0 saturated carbocycles. The second-order valence-corrected chi connectivity index (χ2v) is 31.0. The number of rotatable bonds is 10. The van der Waals surface area contributed by atoms with Crippen molar-refractivity contribution < 1.29 is 24.5 Å². The van der Waals surface area contributed by atoms with Crippen LogP contribution in [0.5, 0.6) is 0 Å². The fourth-order valence-corrected chi connectivity index (χ4v) is 12.7. The van der Waals surface area contributed by atoms with Gasteiger partial charge in [-0.25, -0.2) is 4.98 Å². The minimum absolute atomic E-state index is 0. The van der Waals surface area contributed by atoms with Crippen LogP contribution in [0.2, 0.25) is 17.3 Å². The second-order valence-electron chi connectivity index (χ2n) is 20.4. The van der Waals surface area contributed by atoms with Gasteiger partial charge in [-0.3, -0.25) is 4.98 Å². The molecular formula is C61H62GeIrN4O-2. The summed E-state index contributed by atoms with van der Waals surface area (Å²) in [5.41, 5.74) is 15.1. The van der Waals surface area contributed by atoms with Crippen molar-refractivity contribution in [3.63, 3.8) is 0 Å². The number of furan rings is 1. The summed E-state index contributed by atoms with van der Waals surface area (Å²) in [6.45, 7) is 18.0. The van der Waals surface area contributed by atoms with Gasteiger partial charge in [0.1, 0.15) is 0 Å². The standard InChI is InChI=1S/C43H38N3O.C18H24GeN.Ir/c1-25(2)35-23-31(30-19-18-28-12-7-8-13-29(28)22-30)24-36(26(3)4)40(35)46-39-17-10-9-16-38(39)44-42(46)34-15-11-14-32-33-20-21-37(27(5)6)45-43(33)47-41(32)34;1-14(2)11-16-12-18(15-9-7-6-8-10-15)20-13-17(16)19(3,4)5;/h7-14,16-27H,1-6H3;6-9,12-14H,11H2,1-5H3;/q2*-1;. The topological polar surface area (TPSA) is 56.7 Å². The first-order chi connectivity index (χ1) is 32.2. The predicted molar refractivity (Wildman–Crippen MR) is 286 cm³/mol. The first-order valence-corrected chi connectivity index (χ1v) is 31.4. The number of imidazole rings is 1. The van der Waals surface area contributed by atoms with Crippen molar-refractivity contribution in [1.82, 2.24) is 19.5 Å². The summed E-state index contributed by atoms with van der Waals surface area (Å²) in [5, 5.41) is 4.53. The fourth-order valence-electron chi connectivity index (χ4n) is 9.38. The van der Waals surface area contributed by atoms with Crippen LogP contribution in [0, 0.1) is 18.1 Å². The molecule has 0 aliphatic rings. The van der Waals surface area contributed by atoms with Crippen LogP contribution in [-0.2, 0) is 26.5 Å². The third kappa shape index (κ3) is 9.79. The summed E-state index contributed by atoms with van der Waals surface area (Å²) < 4.78 is 10.5. The predicted octanol–water partition coefficient (Wildman–Crippen LogP) is 16.3. The number of hydrogen-bond acceptors (Lipinski definition) is 4. The summed E-state index contributed by atoms with van der Waals surface area (Å²) in [4.78, 5) is 14.9. The van der Waals surface area contributed by atoms with Crippen LogP contribution in [0.4, 0.5) is 0 Å². The van der Waals surface area contributed by atoms with Crippen molar-refractivity contribution >= 4 is 61.5 Å². The Morgan fingerprint density at radius 1 is 0.632 bits per heavy atom. The molecule has 0 unspecified atom stereocenters. The average Bonchev–Trinajstić information content (AvgIpc) is 3.89. The molecule has 7 heteroatoms. The van der Waals surface area contributed by atoms with Crippen LogP contribution in [0.1, 0.15) is 95.5 Å². The minimum Gasteiger partial charge on any atom is -0.486 e. The van der Waals surface area contributed by atoms with Crippen LogP contribution in [0.25, 0.3) is 83.3 Å². The minimum atomic E-state index is -1.86. The van der Waals surface area contributed by atoms with E-state index >= 15 is 0 Å². The first-order valence-electron chi connectivity index (χ1n) is 24.0. The molecule has 347 valence electrons. The van der Waals surface area contributed by atoms with Gasteiger partial charge in [0.15, 0.2) is 0 Å². The zero-order valence-corrected chi connectivity index (χ0v) is 45.8. The summed E-state index contributed by atoms with van der Waals surface area (Å²) in [6, 6.07) is 54.1. The van der Waals surface area contributed by atoms with Gasteiger partial charge in [-0.05, 0) is 93.2 Å². The third-order valence-electron chi connectivity index (χ3n) is 12.8. The number of benzene rings is 6. The Labute approximate surface area is 419 Å². The molecule has 0 fully saturated rings. The molecule has 0 aliphatic carbocycles. The molecule has 0 bridgehead atoms. The van der Waals surface area contributed by atoms with E-state index in [9.17, 15) is 0 Å². The number of hydrogen-bond donors (Lipinski definition) is 0. The zero-order valence-electron chi connectivity index (χ0n) is 41.3. The molecule has 5 nitrogen and oxygen atoms in total. The van der Waals surface area contributed by atoms with Crippen LogP contribution in [-0.4, -0.2) is 32.8 Å². The van der Waals surface area contributed by atoms with E-state index in [0.29, 0.717) is 17.5 Å². The summed E-state index contributed by atoms with van der Waals surface area (Å²) >= 11 is -1.86. The average molecular weight is 1130 g/mol. The van der Waals surface area contributed by atoms with Crippen LogP contribution < -0.4 is 4.40 Å². The van der Waals surface area contributed by atoms with E-state index in [2.05, 4.69) is 205 Å². The molecule has 4 aromatic heterocycles. The molecule has 0 saturated heterocycles. The number of fused-ring (bicyclic) bond motifs is 5. The van der Waals surface area contributed by atoms with Gasteiger partial charge in [0.25, 0.3) is 0 Å². The molecule has 0 N–H and O–H groups in total. The molecule has 0 aliphatic heterocycles. The molecule has 6 aromatic carbocycles. The van der Waals surface area contributed by atoms with Gasteiger partial charge in [-0.2, -0.15) is 0 Å². The van der Waals surface area contributed by atoms with E-state index in [0.717, 1.165) is 62.1 Å². The molecule has 0 atom stereocenters. The van der Waals surface area contributed by atoms with E-state index in [4.69, 9.17) is 19.4 Å². The molecule has 0 amide bonds. The maximum atomic E-state index is 6.59. The summed E-state index contributed by atoms with van der Waals surface area (Å²) in [6.07, 6.45) is 3.27. The van der Waals surface area contributed by atoms with E-state index in [-0.39, 0.29) is 31.9 Å². The Bertz CT molecular complexity index is 3360. The smallest absolute Gasteiger partial charge is 0.216 e. The molecule has 10 aromatic rings. The monoisotopic (exact) mass is 1130 g/mol. The van der Waals surface area contributed by atoms with Crippen molar-refractivity contribution in [3.8, 4) is 39.5 Å². The van der Waals surface area contributed by atoms with Crippen molar-refractivity contribution in [2.24, 2.45) is 5.92 Å².